The van der Waals surface area contributed by atoms with Crippen LogP contribution in [0.25, 0.3) is 0 Å². The highest BCUT2D eigenvalue weighted by molar-refractivity contribution is 7.93. The van der Waals surface area contributed by atoms with Crippen LogP contribution in [0.5, 0.6) is 0 Å². The van der Waals surface area contributed by atoms with E-state index in [-0.39, 0.29) is 0 Å². The largest absolute Gasteiger partial charge is 0.241 e. The molecule has 0 bridgehead atoms. The molecule has 0 radical (unpaired) electrons. The first-order valence-electron chi connectivity index (χ1n) is 6.06. The number of allylic oxidation sites excluding steroid dienone is 4. The van der Waals surface area contributed by atoms with Gasteiger partial charge in [0.15, 0.2) is 0 Å². The lowest BCUT2D eigenvalue weighted by Gasteiger charge is -2.33. The van der Waals surface area contributed by atoms with Crippen molar-refractivity contribution in [2.24, 2.45) is 10.3 Å². The highest BCUT2D eigenvalue weighted by Gasteiger charge is 2.46. The van der Waals surface area contributed by atoms with Crippen molar-refractivity contribution in [3.8, 4) is 0 Å². The quantitative estimate of drug-likeness (QED) is 0.720. The normalized spacial score (nSPS) is 24.8. The van der Waals surface area contributed by atoms with Gasteiger partial charge in [-0.2, -0.15) is 0 Å². The van der Waals surface area contributed by atoms with E-state index in [2.05, 4.69) is 0 Å². The van der Waals surface area contributed by atoms with Crippen LogP contribution in [0.15, 0.2) is 40.2 Å². The second-order valence-electron chi connectivity index (χ2n) is 4.91. The second kappa shape index (κ2) is 6.04. The first kappa shape index (κ1) is 19.3. The van der Waals surface area contributed by atoms with E-state index in [1.165, 1.54) is 0 Å². The standard InChI is InChI=1S/C12H10Cl2F2N2O4S2/c13-11-9(23(17,19)20)2-1-3-12(11,14)7-4-6(15)5-8(16)10(7)24(18,21)22/h1-5,11H,(H2,17,19,20)(H2,18,21,22). The van der Waals surface area contributed by atoms with Crippen molar-refractivity contribution in [2.75, 3.05) is 0 Å². The first-order valence-corrected chi connectivity index (χ1v) is 9.96. The summed E-state index contributed by atoms with van der Waals surface area (Å²) in [5, 5.41) is 8.35. The molecule has 0 saturated carbocycles. The third-order valence-corrected chi connectivity index (χ3v) is 6.63. The lowest BCUT2D eigenvalue weighted by Crippen LogP contribution is -2.38. The fourth-order valence-electron chi connectivity index (χ4n) is 2.26. The number of primary sulfonamides is 2. The summed E-state index contributed by atoms with van der Waals surface area (Å²) in [7, 11) is -8.96. The zero-order valence-electron chi connectivity index (χ0n) is 11.6. The molecule has 2 atom stereocenters. The number of nitrogens with two attached hydrogens (primary N) is 2. The van der Waals surface area contributed by atoms with Crippen LogP contribution in [0.1, 0.15) is 5.56 Å². The van der Waals surface area contributed by atoms with E-state index in [4.69, 9.17) is 33.5 Å². The minimum Gasteiger partial charge on any atom is -0.225 e. The fraction of sp³-hybridized carbons (Fsp3) is 0.167. The molecule has 0 spiro atoms. The van der Waals surface area contributed by atoms with Crippen molar-refractivity contribution in [2.45, 2.75) is 15.1 Å². The smallest absolute Gasteiger partial charge is 0.225 e. The van der Waals surface area contributed by atoms with Crippen molar-refractivity contribution < 1.29 is 25.6 Å². The molecule has 0 saturated heterocycles. The lowest BCUT2D eigenvalue weighted by atomic mass is 9.90. The number of hydrogen-bond donors (Lipinski definition) is 2. The molecule has 0 heterocycles. The van der Waals surface area contributed by atoms with E-state index < -0.39 is 57.3 Å². The SMILES string of the molecule is NS(=O)(=O)C1=CC=CC(Cl)(c2cc(F)cc(F)c2S(N)(=O)=O)C1Cl. The van der Waals surface area contributed by atoms with Crippen molar-refractivity contribution in [3.63, 3.8) is 0 Å². The average molecular weight is 419 g/mol. The van der Waals surface area contributed by atoms with Crippen LogP contribution in [-0.4, -0.2) is 22.2 Å². The van der Waals surface area contributed by atoms with Gasteiger partial charge in [-0.1, -0.05) is 12.2 Å². The molecule has 4 N–H and O–H groups in total. The van der Waals surface area contributed by atoms with Gasteiger partial charge < -0.3 is 0 Å². The van der Waals surface area contributed by atoms with Gasteiger partial charge >= 0.3 is 0 Å². The van der Waals surface area contributed by atoms with Crippen molar-refractivity contribution >= 4 is 43.2 Å². The van der Waals surface area contributed by atoms with Crippen molar-refractivity contribution in [1.29, 1.82) is 0 Å². The highest BCUT2D eigenvalue weighted by Crippen LogP contribution is 2.46. The Morgan fingerprint density at radius 3 is 2.17 bits per heavy atom. The van der Waals surface area contributed by atoms with Crippen LogP contribution < -0.4 is 10.3 Å². The Labute approximate surface area is 146 Å². The number of sulfonamides is 2. The number of alkyl halides is 2. The van der Waals surface area contributed by atoms with E-state index in [0.29, 0.717) is 12.1 Å². The predicted molar refractivity (Wildman–Crippen MR) is 85.2 cm³/mol. The van der Waals surface area contributed by atoms with E-state index in [1.807, 2.05) is 0 Å². The number of benzene rings is 1. The molecule has 2 unspecified atom stereocenters. The molecule has 12 heteroatoms. The fourth-order valence-corrected chi connectivity index (χ4v) is 4.96. The van der Waals surface area contributed by atoms with Gasteiger partial charge in [0.05, 0.1) is 10.3 Å². The van der Waals surface area contributed by atoms with Gasteiger partial charge in [-0.15, -0.1) is 23.2 Å². The van der Waals surface area contributed by atoms with Gasteiger partial charge in [0, 0.05) is 11.6 Å². The molecule has 0 aromatic heterocycles. The van der Waals surface area contributed by atoms with Gasteiger partial charge in [0.2, 0.25) is 20.0 Å². The molecule has 1 aromatic carbocycles. The molecule has 0 aliphatic heterocycles. The average Bonchev–Trinajstić information content (AvgIpc) is 2.38. The van der Waals surface area contributed by atoms with Crippen LogP contribution >= 0.6 is 23.2 Å². The Hall–Kier alpha value is -1.04. The first-order chi connectivity index (χ1) is 10.8. The number of hydrogen-bond acceptors (Lipinski definition) is 4. The molecule has 24 heavy (non-hydrogen) atoms. The lowest BCUT2D eigenvalue weighted by molar-refractivity contribution is 0.535. The summed E-state index contributed by atoms with van der Waals surface area (Å²) < 4.78 is 74.1. The Kier molecular flexibility index (Phi) is 4.86. The maximum absolute atomic E-state index is 14.0. The van der Waals surface area contributed by atoms with Crippen LogP contribution in [0.3, 0.4) is 0 Å². The number of halogens is 4. The zero-order chi connectivity index (χ0) is 18.5. The summed E-state index contributed by atoms with van der Waals surface area (Å²) in [6, 6.07) is 0.914. The highest BCUT2D eigenvalue weighted by atomic mass is 35.5. The maximum Gasteiger partial charge on any atom is 0.241 e. The Morgan fingerprint density at radius 2 is 1.67 bits per heavy atom. The summed E-state index contributed by atoms with van der Waals surface area (Å²) in [4.78, 5) is -3.76. The summed E-state index contributed by atoms with van der Waals surface area (Å²) in [5.41, 5.74) is -0.644. The Bertz CT molecular complexity index is 977. The summed E-state index contributed by atoms with van der Waals surface area (Å²) in [6.07, 6.45) is 3.26. The molecule has 6 nitrogen and oxygen atoms in total. The van der Waals surface area contributed by atoms with Gasteiger partial charge in [-0.05, 0) is 12.1 Å². The number of rotatable bonds is 3. The van der Waals surface area contributed by atoms with Crippen molar-refractivity contribution in [3.05, 3.63) is 52.5 Å². The second-order valence-corrected chi connectivity index (χ2v) is 9.03. The predicted octanol–water partition coefficient (Wildman–Crippen LogP) is 1.40. The zero-order valence-corrected chi connectivity index (χ0v) is 14.7. The van der Waals surface area contributed by atoms with Gasteiger partial charge in [0.25, 0.3) is 0 Å². The molecular weight excluding hydrogens is 409 g/mol. The van der Waals surface area contributed by atoms with Crippen LogP contribution in [0.2, 0.25) is 0 Å². The maximum atomic E-state index is 14.0. The molecule has 2 rings (SSSR count). The summed E-state index contributed by atoms with van der Waals surface area (Å²) >= 11 is 12.3. The minimum atomic E-state index is -4.66. The van der Waals surface area contributed by atoms with E-state index in [9.17, 15) is 25.6 Å². The van der Waals surface area contributed by atoms with Crippen LogP contribution in [-0.2, 0) is 24.9 Å². The van der Waals surface area contributed by atoms with E-state index in [0.717, 1.165) is 18.2 Å². The minimum absolute atomic E-state index is 0.301. The van der Waals surface area contributed by atoms with Gasteiger partial charge in [-0.3, -0.25) is 0 Å². The molecular formula is C12H10Cl2F2N2O4S2. The summed E-state index contributed by atoms with van der Waals surface area (Å²) in [5.74, 6) is -2.64. The van der Waals surface area contributed by atoms with E-state index >= 15 is 0 Å². The third-order valence-electron chi connectivity index (χ3n) is 3.25. The topological polar surface area (TPSA) is 120 Å². The van der Waals surface area contributed by atoms with Gasteiger partial charge in [0.1, 0.15) is 21.4 Å². The molecule has 132 valence electrons. The van der Waals surface area contributed by atoms with Crippen molar-refractivity contribution in [1.82, 2.24) is 0 Å². The van der Waals surface area contributed by atoms with E-state index in [1.54, 1.807) is 0 Å². The van der Waals surface area contributed by atoms with Crippen LogP contribution in [0.4, 0.5) is 8.78 Å². The Morgan fingerprint density at radius 1 is 1.08 bits per heavy atom. The monoisotopic (exact) mass is 418 g/mol. The molecule has 0 amide bonds. The third kappa shape index (κ3) is 3.35. The molecule has 1 aliphatic rings. The van der Waals surface area contributed by atoms with Gasteiger partial charge in [-0.25, -0.2) is 35.9 Å². The molecule has 1 aliphatic carbocycles. The summed E-state index contributed by atoms with van der Waals surface area (Å²) in [6.45, 7) is 0. The van der Waals surface area contributed by atoms with Crippen LogP contribution in [0, 0.1) is 11.6 Å². The molecule has 1 aromatic rings. The Balaban J connectivity index is 2.82. The molecule has 0 fully saturated rings.